The smallest absolute Gasteiger partial charge is 0.251 e. The Morgan fingerprint density at radius 3 is 2.68 bits per heavy atom. The molecule has 4 rings (SSSR count). The highest BCUT2D eigenvalue weighted by molar-refractivity contribution is 6.14. The molecule has 8 heteroatoms. The minimum absolute atomic E-state index is 0.0437. The largest absolute Gasteiger partial charge is 0.457 e. The average molecular weight is 379 g/mol. The fraction of sp³-hybridized carbons (Fsp3) is 0.250. The van der Waals surface area contributed by atoms with Crippen LogP contribution in [0.3, 0.4) is 0 Å². The first-order chi connectivity index (χ1) is 13.4. The number of ether oxygens (including phenoxy) is 1. The van der Waals surface area contributed by atoms with Crippen LogP contribution in [-0.4, -0.2) is 17.1 Å². The van der Waals surface area contributed by atoms with Gasteiger partial charge in [0.05, 0.1) is 0 Å². The molecule has 0 aliphatic carbocycles. The van der Waals surface area contributed by atoms with Gasteiger partial charge in [0.2, 0.25) is 17.1 Å². The number of nitrogens with zero attached hydrogens (tertiary/aromatic N) is 2. The first kappa shape index (κ1) is 17.8. The van der Waals surface area contributed by atoms with Gasteiger partial charge >= 0.3 is 0 Å². The van der Waals surface area contributed by atoms with E-state index in [1.54, 1.807) is 29.2 Å². The van der Waals surface area contributed by atoms with Gasteiger partial charge in [-0.3, -0.25) is 9.59 Å². The molecule has 1 atom stereocenters. The third kappa shape index (κ3) is 2.02. The second kappa shape index (κ2) is 5.97. The Kier molecular flexibility index (Phi) is 3.80. The second-order valence-corrected chi connectivity index (χ2v) is 6.88. The number of aliphatic hydroxyl groups excluding tert-OH is 1. The second-order valence-electron chi connectivity index (χ2n) is 6.88. The number of fused-ring (bicyclic) bond motifs is 4. The molecule has 0 saturated heterocycles. The summed E-state index contributed by atoms with van der Waals surface area (Å²) in [5.41, 5.74) is 4.53. The van der Waals surface area contributed by atoms with Crippen molar-refractivity contribution in [1.82, 2.24) is 0 Å². The average Bonchev–Trinajstić information content (AvgIpc) is 2.92. The van der Waals surface area contributed by atoms with Gasteiger partial charge in [0.1, 0.15) is 24.0 Å². The number of anilines is 1. The normalized spacial score (nSPS) is 20.2. The number of aliphatic hydroxyl groups is 1. The van der Waals surface area contributed by atoms with Crippen molar-refractivity contribution in [3.63, 3.8) is 0 Å². The van der Waals surface area contributed by atoms with Crippen LogP contribution in [0, 0.1) is 11.3 Å². The Morgan fingerprint density at radius 2 is 2.04 bits per heavy atom. The number of rotatable bonds is 2. The molecule has 1 aromatic heterocycles. The van der Waals surface area contributed by atoms with E-state index in [0.29, 0.717) is 11.3 Å². The molecular weight excluding hydrogens is 362 g/mol. The van der Waals surface area contributed by atoms with E-state index in [4.69, 9.17) is 14.9 Å². The highest BCUT2D eigenvalue weighted by Crippen LogP contribution is 2.55. The van der Waals surface area contributed by atoms with Crippen molar-refractivity contribution in [1.29, 1.82) is 5.26 Å². The molecule has 0 saturated carbocycles. The zero-order valence-corrected chi connectivity index (χ0v) is 15.2. The molecule has 2 aromatic rings. The van der Waals surface area contributed by atoms with Crippen molar-refractivity contribution < 1.29 is 19.1 Å². The molecule has 3 N–H and O–H groups in total. The lowest BCUT2D eigenvalue weighted by Gasteiger charge is -2.33. The Labute approximate surface area is 160 Å². The number of hydrogen-bond acceptors (Lipinski definition) is 7. The van der Waals surface area contributed by atoms with Crippen molar-refractivity contribution in [3.8, 4) is 11.8 Å². The monoisotopic (exact) mass is 379 g/mol. The predicted octanol–water partition coefficient (Wildman–Crippen LogP) is 1.26. The molecule has 0 radical (unpaired) electrons. The summed E-state index contributed by atoms with van der Waals surface area (Å²) in [6.07, 6.45) is 0. The minimum atomic E-state index is -1.75. The van der Waals surface area contributed by atoms with Crippen molar-refractivity contribution >= 4 is 11.6 Å². The van der Waals surface area contributed by atoms with Crippen molar-refractivity contribution in [2.75, 3.05) is 4.90 Å². The molecular formula is C20H17N3O5. The molecule has 3 heterocycles. The topological polar surface area (TPSA) is 130 Å². The van der Waals surface area contributed by atoms with Crippen molar-refractivity contribution in [3.05, 3.63) is 69.1 Å². The molecule has 28 heavy (non-hydrogen) atoms. The van der Waals surface area contributed by atoms with E-state index in [1.807, 2.05) is 19.9 Å². The summed E-state index contributed by atoms with van der Waals surface area (Å²) in [5, 5.41) is 19.4. The Hall–Kier alpha value is -3.57. The third-order valence-electron chi connectivity index (χ3n) is 5.02. The van der Waals surface area contributed by atoms with Gasteiger partial charge < -0.3 is 24.9 Å². The first-order valence-electron chi connectivity index (χ1n) is 8.67. The van der Waals surface area contributed by atoms with E-state index >= 15 is 0 Å². The van der Waals surface area contributed by atoms with Crippen molar-refractivity contribution in [2.45, 2.75) is 31.9 Å². The van der Waals surface area contributed by atoms with Gasteiger partial charge in [0.25, 0.3) is 5.91 Å². The Bertz CT molecular complexity index is 1140. The van der Waals surface area contributed by atoms with Gasteiger partial charge in [-0.25, -0.2) is 0 Å². The molecule has 1 aromatic carbocycles. The van der Waals surface area contributed by atoms with Gasteiger partial charge in [-0.1, -0.05) is 18.2 Å². The number of carbonyl (C=O) groups is 1. The van der Waals surface area contributed by atoms with Crippen LogP contribution in [0.25, 0.3) is 0 Å². The summed E-state index contributed by atoms with van der Waals surface area (Å²) in [6.45, 7) is 3.13. The quantitative estimate of drug-likeness (QED) is 0.803. The maximum absolute atomic E-state index is 13.8. The number of para-hydroxylation sites is 1. The highest BCUT2D eigenvalue weighted by Gasteiger charge is 2.62. The number of nitrogens with two attached hydrogens (primary N) is 1. The van der Waals surface area contributed by atoms with Gasteiger partial charge in [-0.05, 0) is 19.9 Å². The predicted molar refractivity (Wildman–Crippen MR) is 98.2 cm³/mol. The number of amides is 1. The zero-order chi connectivity index (χ0) is 20.2. The Balaban J connectivity index is 2.20. The van der Waals surface area contributed by atoms with Crippen LogP contribution in [0.5, 0.6) is 5.75 Å². The van der Waals surface area contributed by atoms with Crippen LogP contribution in [-0.2, 0) is 16.8 Å². The van der Waals surface area contributed by atoms with E-state index in [-0.39, 0.29) is 34.8 Å². The van der Waals surface area contributed by atoms with Crippen molar-refractivity contribution in [2.24, 2.45) is 5.73 Å². The third-order valence-corrected chi connectivity index (χ3v) is 5.02. The summed E-state index contributed by atoms with van der Waals surface area (Å²) in [5.74, 6) is -1.24. The minimum Gasteiger partial charge on any atom is -0.457 e. The lowest BCUT2D eigenvalue weighted by molar-refractivity contribution is -0.121. The lowest BCUT2D eigenvalue weighted by atomic mass is 9.72. The Morgan fingerprint density at radius 1 is 1.32 bits per heavy atom. The fourth-order valence-corrected chi connectivity index (χ4v) is 3.93. The molecule has 8 nitrogen and oxygen atoms in total. The van der Waals surface area contributed by atoms with Gasteiger partial charge in [0, 0.05) is 23.4 Å². The standard InChI is InChI=1S/C20H17N3O5/c1-10(2)23-14-6-4-3-5-12(14)20(19(23)26)13(8-21)18(22)28-16-15(25)7-11(9-24)27-17(16)20/h3-7,10,24H,9,22H2,1-2H3/t20-/m0/s1. The molecule has 1 amide bonds. The maximum atomic E-state index is 13.8. The van der Waals surface area contributed by atoms with Crippen LogP contribution in [0.4, 0.5) is 5.69 Å². The maximum Gasteiger partial charge on any atom is 0.251 e. The summed E-state index contributed by atoms with van der Waals surface area (Å²) in [6, 6.07) is 9.78. The molecule has 2 aliphatic rings. The van der Waals surface area contributed by atoms with E-state index < -0.39 is 23.4 Å². The molecule has 2 aliphatic heterocycles. The zero-order valence-electron chi connectivity index (χ0n) is 15.2. The van der Waals surface area contributed by atoms with E-state index in [2.05, 4.69) is 0 Å². The molecule has 0 unspecified atom stereocenters. The van der Waals surface area contributed by atoms with E-state index in [0.717, 1.165) is 6.07 Å². The summed E-state index contributed by atoms with van der Waals surface area (Å²) in [4.78, 5) is 27.9. The number of hydrogen-bond donors (Lipinski definition) is 2. The van der Waals surface area contributed by atoms with E-state index in [1.165, 1.54) is 0 Å². The number of carbonyl (C=O) groups excluding carboxylic acids is 1. The van der Waals surface area contributed by atoms with Crippen LogP contribution >= 0.6 is 0 Å². The van der Waals surface area contributed by atoms with Crippen LogP contribution in [0.15, 0.2) is 51.0 Å². The fourth-order valence-electron chi connectivity index (χ4n) is 3.93. The first-order valence-corrected chi connectivity index (χ1v) is 8.67. The summed E-state index contributed by atoms with van der Waals surface area (Å²) in [7, 11) is 0. The summed E-state index contributed by atoms with van der Waals surface area (Å²) < 4.78 is 11.1. The van der Waals surface area contributed by atoms with Crippen LogP contribution in [0.1, 0.15) is 30.9 Å². The number of nitriles is 1. The van der Waals surface area contributed by atoms with Crippen LogP contribution in [0.2, 0.25) is 0 Å². The van der Waals surface area contributed by atoms with Gasteiger partial charge in [-0.2, -0.15) is 5.26 Å². The van der Waals surface area contributed by atoms with Gasteiger partial charge in [-0.15, -0.1) is 0 Å². The van der Waals surface area contributed by atoms with Gasteiger partial charge in [0.15, 0.2) is 11.2 Å². The summed E-state index contributed by atoms with van der Waals surface area (Å²) >= 11 is 0. The SMILES string of the molecule is CC(C)N1C(=O)[C@]2(C(C#N)=C(N)Oc3c2oc(CO)cc3=O)c2ccccc21. The molecule has 1 spiro atoms. The molecule has 0 fully saturated rings. The molecule has 0 bridgehead atoms. The number of benzene rings is 1. The van der Waals surface area contributed by atoms with E-state index in [9.17, 15) is 20.0 Å². The molecule has 142 valence electrons. The lowest BCUT2D eigenvalue weighted by Crippen LogP contribution is -2.48. The highest BCUT2D eigenvalue weighted by atomic mass is 16.5. The van der Waals surface area contributed by atoms with Crippen LogP contribution < -0.4 is 20.8 Å².